The quantitative estimate of drug-likeness (QED) is 0.272. The van der Waals surface area contributed by atoms with Gasteiger partial charge in [0, 0.05) is 17.8 Å². The molecule has 0 bridgehead atoms. The van der Waals surface area contributed by atoms with Gasteiger partial charge < -0.3 is 25.4 Å². The number of fused-ring (bicyclic) bond motifs is 1. The van der Waals surface area contributed by atoms with Crippen molar-refractivity contribution < 1.29 is 23.9 Å². The third-order valence-corrected chi connectivity index (χ3v) is 5.65. The summed E-state index contributed by atoms with van der Waals surface area (Å²) in [5, 5.41) is 9.03. The molecule has 1 aliphatic rings. The third kappa shape index (κ3) is 6.39. The van der Waals surface area contributed by atoms with Gasteiger partial charge in [-0.15, -0.1) is 0 Å². The summed E-state index contributed by atoms with van der Waals surface area (Å²) >= 11 is 0. The number of alkyl carbamates (subject to hydrolysis) is 1. The number of hydrogen-bond acceptors (Lipinski definition) is 6. The molecule has 3 N–H and O–H groups in total. The largest absolute Gasteiger partial charge is 0.462 e. The number of benzene rings is 3. The Kier molecular flexibility index (Phi) is 7.81. The van der Waals surface area contributed by atoms with Gasteiger partial charge >= 0.3 is 12.1 Å². The Morgan fingerprint density at radius 3 is 2.29 bits per heavy atom. The zero-order chi connectivity index (χ0) is 27.3. The van der Waals surface area contributed by atoms with Gasteiger partial charge in [-0.25, -0.2) is 9.59 Å². The van der Waals surface area contributed by atoms with Gasteiger partial charge in [-0.3, -0.25) is 4.79 Å². The van der Waals surface area contributed by atoms with Crippen LogP contribution in [0.3, 0.4) is 0 Å². The minimum absolute atomic E-state index is 0.269. The Bertz CT molecular complexity index is 1370. The van der Waals surface area contributed by atoms with Crippen molar-refractivity contribution in [2.24, 2.45) is 0 Å². The van der Waals surface area contributed by atoms with E-state index in [9.17, 15) is 14.4 Å². The molecule has 0 atom stereocenters. The van der Waals surface area contributed by atoms with Crippen LogP contribution >= 0.6 is 0 Å². The van der Waals surface area contributed by atoms with E-state index >= 15 is 0 Å². The maximum Gasteiger partial charge on any atom is 0.407 e. The van der Waals surface area contributed by atoms with Crippen LogP contribution < -0.4 is 16.0 Å². The van der Waals surface area contributed by atoms with E-state index in [0.29, 0.717) is 34.6 Å². The lowest BCUT2D eigenvalue weighted by Gasteiger charge is -2.19. The van der Waals surface area contributed by atoms with Crippen molar-refractivity contribution in [2.45, 2.75) is 39.8 Å². The summed E-state index contributed by atoms with van der Waals surface area (Å²) in [5.41, 5.74) is 4.63. The lowest BCUT2D eigenvalue weighted by atomic mass is 9.99. The summed E-state index contributed by atoms with van der Waals surface area (Å²) in [6.07, 6.45) is -0.479. The number of hydrogen-bond donors (Lipinski definition) is 3. The Balaban J connectivity index is 1.61. The first-order chi connectivity index (χ1) is 18.1. The molecule has 4 rings (SSSR count). The molecule has 0 radical (unpaired) electrons. The van der Waals surface area contributed by atoms with Gasteiger partial charge in [0.15, 0.2) is 0 Å². The summed E-state index contributed by atoms with van der Waals surface area (Å²) in [4.78, 5) is 37.3. The van der Waals surface area contributed by atoms with Crippen molar-refractivity contribution in [3.05, 3.63) is 95.1 Å². The average Bonchev–Trinajstić information content (AvgIpc) is 3.21. The second kappa shape index (κ2) is 11.2. The number of carbonyl (C=O) groups excluding carboxylic acids is 3. The lowest BCUT2D eigenvalue weighted by molar-refractivity contribution is -0.110. The van der Waals surface area contributed by atoms with E-state index in [4.69, 9.17) is 9.47 Å². The molecule has 1 heterocycles. The molecule has 3 aromatic rings. The smallest absolute Gasteiger partial charge is 0.407 e. The van der Waals surface area contributed by atoms with E-state index in [1.807, 2.05) is 75.4 Å². The number of esters is 1. The SMILES string of the molecule is CCOC(=O)c1ccc2c(c1)NC(=O)/C2=C(\Nc1ccc(CNC(=O)OC(C)(C)C)cc1)c1ccccc1. The molecule has 0 fully saturated rings. The minimum atomic E-state index is -0.565. The van der Waals surface area contributed by atoms with E-state index in [0.717, 1.165) is 16.8 Å². The summed E-state index contributed by atoms with van der Waals surface area (Å²) in [6.45, 7) is 7.78. The van der Waals surface area contributed by atoms with Crippen molar-refractivity contribution in [3.8, 4) is 0 Å². The van der Waals surface area contributed by atoms with Crippen LogP contribution in [-0.4, -0.2) is 30.2 Å². The lowest BCUT2D eigenvalue weighted by Crippen LogP contribution is -2.32. The molecule has 0 saturated heterocycles. The van der Waals surface area contributed by atoms with E-state index in [2.05, 4.69) is 16.0 Å². The second-order valence-corrected chi connectivity index (χ2v) is 9.73. The third-order valence-electron chi connectivity index (χ3n) is 5.65. The van der Waals surface area contributed by atoms with Crippen molar-refractivity contribution in [1.29, 1.82) is 0 Å². The topological polar surface area (TPSA) is 106 Å². The fourth-order valence-corrected chi connectivity index (χ4v) is 3.98. The number of amides is 2. The van der Waals surface area contributed by atoms with E-state index in [1.165, 1.54) is 0 Å². The first kappa shape index (κ1) is 26.5. The van der Waals surface area contributed by atoms with Gasteiger partial charge in [-0.2, -0.15) is 0 Å². The summed E-state index contributed by atoms with van der Waals surface area (Å²) in [7, 11) is 0. The first-order valence-corrected chi connectivity index (χ1v) is 12.4. The molecule has 0 unspecified atom stereocenters. The monoisotopic (exact) mass is 513 g/mol. The number of rotatable bonds is 7. The maximum atomic E-state index is 13.2. The molecule has 3 aromatic carbocycles. The van der Waals surface area contributed by atoms with Crippen LogP contribution in [0.1, 0.15) is 54.7 Å². The maximum absolute atomic E-state index is 13.2. The minimum Gasteiger partial charge on any atom is -0.462 e. The molecule has 0 aromatic heterocycles. The van der Waals surface area contributed by atoms with Gasteiger partial charge in [0.1, 0.15) is 5.60 Å². The van der Waals surface area contributed by atoms with Crippen LogP contribution in [0, 0.1) is 0 Å². The highest BCUT2D eigenvalue weighted by molar-refractivity contribution is 6.37. The van der Waals surface area contributed by atoms with Gasteiger partial charge in [0.2, 0.25) is 0 Å². The van der Waals surface area contributed by atoms with E-state index < -0.39 is 17.7 Å². The van der Waals surface area contributed by atoms with Crippen LogP contribution in [0.4, 0.5) is 16.2 Å². The van der Waals surface area contributed by atoms with E-state index in [-0.39, 0.29) is 12.5 Å². The Labute approximate surface area is 222 Å². The molecular weight excluding hydrogens is 482 g/mol. The number of anilines is 2. The van der Waals surface area contributed by atoms with Gasteiger partial charge in [0.05, 0.1) is 29.1 Å². The predicted octanol–water partition coefficient (Wildman–Crippen LogP) is 5.82. The molecule has 2 amide bonds. The highest BCUT2D eigenvalue weighted by Crippen LogP contribution is 2.38. The van der Waals surface area contributed by atoms with Crippen LogP contribution in [0.2, 0.25) is 0 Å². The van der Waals surface area contributed by atoms with Crippen molar-refractivity contribution in [3.63, 3.8) is 0 Å². The molecular formula is C30H31N3O5. The highest BCUT2D eigenvalue weighted by Gasteiger charge is 2.29. The Morgan fingerprint density at radius 1 is 0.921 bits per heavy atom. The van der Waals surface area contributed by atoms with Crippen LogP contribution in [-0.2, 0) is 20.8 Å². The molecule has 38 heavy (non-hydrogen) atoms. The van der Waals surface area contributed by atoms with Crippen molar-refractivity contribution in [1.82, 2.24) is 5.32 Å². The van der Waals surface area contributed by atoms with Crippen molar-refractivity contribution >= 4 is 40.6 Å². The average molecular weight is 514 g/mol. The van der Waals surface area contributed by atoms with Gasteiger partial charge in [0.25, 0.3) is 5.91 Å². The molecule has 0 spiro atoms. The van der Waals surface area contributed by atoms with Crippen LogP contribution in [0.15, 0.2) is 72.8 Å². The molecule has 0 saturated carbocycles. The number of nitrogens with one attached hydrogen (secondary N) is 3. The Morgan fingerprint density at radius 2 is 1.63 bits per heavy atom. The first-order valence-electron chi connectivity index (χ1n) is 12.4. The fourth-order valence-electron chi connectivity index (χ4n) is 3.98. The van der Waals surface area contributed by atoms with Crippen LogP contribution in [0.5, 0.6) is 0 Å². The normalized spacial score (nSPS) is 13.7. The standard InChI is InChI=1S/C30H31N3O5/c1-5-37-28(35)21-13-16-23-24(17-21)33-27(34)25(23)26(20-9-7-6-8-10-20)32-22-14-11-19(12-15-22)18-31-29(36)38-30(2,3)4/h6-17,32H,5,18H2,1-4H3,(H,31,36)(H,33,34)/b26-25-. The fraction of sp³-hybridized carbons (Fsp3) is 0.233. The van der Waals surface area contributed by atoms with Crippen LogP contribution in [0.25, 0.3) is 11.3 Å². The number of carbonyl (C=O) groups is 3. The van der Waals surface area contributed by atoms with Gasteiger partial charge in [-0.05, 0) is 63.1 Å². The molecule has 0 aliphatic carbocycles. The zero-order valence-corrected chi connectivity index (χ0v) is 21.9. The summed E-state index contributed by atoms with van der Waals surface area (Å²) in [5.74, 6) is -0.713. The highest BCUT2D eigenvalue weighted by atomic mass is 16.6. The number of ether oxygens (including phenoxy) is 2. The van der Waals surface area contributed by atoms with Gasteiger partial charge in [-0.1, -0.05) is 48.5 Å². The predicted molar refractivity (Wildman–Crippen MR) is 147 cm³/mol. The molecule has 196 valence electrons. The van der Waals surface area contributed by atoms with E-state index in [1.54, 1.807) is 25.1 Å². The molecule has 1 aliphatic heterocycles. The summed E-state index contributed by atoms with van der Waals surface area (Å²) < 4.78 is 10.4. The molecule has 8 heteroatoms. The zero-order valence-electron chi connectivity index (χ0n) is 21.9. The Hall–Kier alpha value is -4.59. The molecule has 8 nitrogen and oxygen atoms in total. The second-order valence-electron chi connectivity index (χ2n) is 9.73. The van der Waals surface area contributed by atoms with Crippen molar-refractivity contribution in [2.75, 3.05) is 17.2 Å². The summed E-state index contributed by atoms with van der Waals surface area (Å²) in [6, 6.07) is 22.2.